The van der Waals surface area contributed by atoms with Gasteiger partial charge in [0, 0.05) is 27.1 Å². The van der Waals surface area contributed by atoms with Crippen molar-refractivity contribution in [2.45, 2.75) is 6.42 Å². The number of amides is 1. The van der Waals surface area contributed by atoms with Gasteiger partial charge in [-0.05, 0) is 12.1 Å². The molecule has 1 atom stereocenters. The van der Waals surface area contributed by atoms with Crippen molar-refractivity contribution in [3.8, 4) is 0 Å². The largest absolute Gasteiger partial charge is 0.481 e. The first-order chi connectivity index (χ1) is 8.50. The third-order valence-electron chi connectivity index (χ3n) is 3.13. The maximum atomic E-state index is 11.9. The molecular formula is C13H16N2O3. The van der Waals surface area contributed by atoms with E-state index in [-0.39, 0.29) is 18.9 Å². The molecule has 1 heterocycles. The first-order valence-corrected chi connectivity index (χ1v) is 5.80. The smallest absolute Gasteiger partial charge is 0.308 e. The van der Waals surface area contributed by atoms with Gasteiger partial charge in [-0.1, -0.05) is 12.1 Å². The summed E-state index contributed by atoms with van der Waals surface area (Å²) in [7, 11) is 3.79. The van der Waals surface area contributed by atoms with Gasteiger partial charge in [0.2, 0.25) is 5.91 Å². The number of hydrogen-bond acceptors (Lipinski definition) is 3. The average Bonchev–Trinajstić information content (AvgIpc) is 2.71. The lowest BCUT2D eigenvalue weighted by atomic mass is 10.1. The topological polar surface area (TPSA) is 60.9 Å². The van der Waals surface area contributed by atoms with Crippen LogP contribution in [0, 0.1) is 5.92 Å². The standard InChI is InChI=1S/C13H16N2O3/c1-14(2)10-5-3-4-6-11(10)15-8-9(13(17)18)7-12(15)16/h3-6,9H,7-8H2,1-2H3,(H,17,18). The SMILES string of the molecule is CN(C)c1ccccc1N1CC(C(=O)O)CC1=O. The Labute approximate surface area is 106 Å². The van der Waals surface area contributed by atoms with E-state index in [4.69, 9.17) is 5.11 Å². The molecule has 18 heavy (non-hydrogen) atoms. The van der Waals surface area contributed by atoms with Crippen molar-refractivity contribution >= 4 is 23.3 Å². The van der Waals surface area contributed by atoms with Gasteiger partial charge in [0.05, 0.1) is 17.3 Å². The molecule has 0 saturated carbocycles. The highest BCUT2D eigenvalue weighted by Gasteiger charge is 2.35. The fraction of sp³-hybridized carbons (Fsp3) is 0.385. The summed E-state index contributed by atoms with van der Waals surface area (Å²) in [5.41, 5.74) is 1.69. The van der Waals surface area contributed by atoms with Crippen molar-refractivity contribution in [2.75, 3.05) is 30.4 Å². The number of carbonyl (C=O) groups excluding carboxylic acids is 1. The summed E-state index contributed by atoms with van der Waals surface area (Å²) in [4.78, 5) is 26.3. The molecule has 0 bridgehead atoms. The van der Waals surface area contributed by atoms with E-state index < -0.39 is 11.9 Å². The van der Waals surface area contributed by atoms with E-state index in [1.807, 2.05) is 43.3 Å². The molecule has 0 aromatic heterocycles. The summed E-state index contributed by atoms with van der Waals surface area (Å²) >= 11 is 0. The van der Waals surface area contributed by atoms with Crippen LogP contribution in [0.4, 0.5) is 11.4 Å². The van der Waals surface area contributed by atoms with Gasteiger partial charge in [0.25, 0.3) is 0 Å². The van der Waals surface area contributed by atoms with E-state index >= 15 is 0 Å². The van der Waals surface area contributed by atoms with Crippen LogP contribution in [0.2, 0.25) is 0 Å². The zero-order chi connectivity index (χ0) is 13.3. The van der Waals surface area contributed by atoms with E-state index in [0.29, 0.717) is 0 Å². The lowest BCUT2D eigenvalue weighted by Crippen LogP contribution is -2.27. The summed E-state index contributed by atoms with van der Waals surface area (Å²) in [5.74, 6) is -1.64. The fourth-order valence-corrected chi connectivity index (χ4v) is 2.18. The van der Waals surface area contributed by atoms with Crippen LogP contribution >= 0.6 is 0 Å². The quantitative estimate of drug-likeness (QED) is 0.872. The van der Waals surface area contributed by atoms with Gasteiger partial charge in [-0.2, -0.15) is 0 Å². The molecule has 1 aromatic carbocycles. The predicted octanol–water partition coefficient (Wildman–Crippen LogP) is 1.19. The maximum Gasteiger partial charge on any atom is 0.308 e. The minimum Gasteiger partial charge on any atom is -0.481 e. The summed E-state index contributed by atoms with van der Waals surface area (Å²) in [6.45, 7) is 0.249. The van der Waals surface area contributed by atoms with Crippen LogP contribution in [-0.4, -0.2) is 37.6 Å². The highest BCUT2D eigenvalue weighted by molar-refractivity contribution is 6.01. The highest BCUT2D eigenvalue weighted by Crippen LogP contribution is 2.32. The molecule has 1 N–H and O–H groups in total. The van der Waals surface area contributed by atoms with Gasteiger partial charge in [0.1, 0.15) is 0 Å². The van der Waals surface area contributed by atoms with E-state index in [9.17, 15) is 9.59 Å². The number of aliphatic carboxylic acids is 1. The Hall–Kier alpha value is -2.04. The van der Waals surface area contributed by atoms with E-state index in [1.54, 1.807) is 4.90 Å². The minimum absolute atomic E-state index is 0.0805. The van der Waals surface area contributed by atoms with Crippen molar-refractivity contribution in [1.82, 2.24) is 0 Å². The molecule has 0 aliphatic carbocycles. The number of nitrogens with zero attached hydrogens (tertiary/aromatic N) is 2. The molecule has 1 unspecified atom stereocenters. The molecule has 96 valence electrons. The molecule has 5 nitrogen and oxygen atoms in total. The molecular weight excluding hydrogens is 232 g/mol. The second-order valence-corrected chi connectivity index (χ2v) is 4.63. The van der Waals surface area contributed by atoms with Gasteiger partial charge in [0.15, 0.2) is 0 Å². The van der Waals surface area contributed by atoms with Crippen LogP contribution in [0.25, 0.3) is 0 Å². The Kier molecular flexibility index (Phi) is 3.23. The van der Waals surface area contributed by atoms with Crippen LogP contribution < -0.4 is 9.80 Å². The van der Waals surface area contributed by atoms with Gasteiger partial charge < -0.3 is 14.9 Å². The lowest BCUT2D eigenvalue weighted by molar-refractivity contribution is -0.141. The summed E-state index contributed by atoms with van der Waals surface area (Å²) < 4.78 is 0. The third kappa shape index (κ3) is 2.16. The van der Waals surface area contributed by atoms with Crippen LogP contribution in [0.15, 0.2) is 24.3 Å². The number of benzene rings is 1. The molecule has 1 fully saturated rings. The van der Waals surface area contributed by atoms with Crippen molar-refractivity contribution in [3.63, 3.8) is 0 Å². The number of carbonyl (C=O) groups is 2. The fourth-order valence-electron chi connectivity index (χ4n) is 2.18. The first-order valence-electron chi connectivity index (χ1n) is 5.80. The van der Waals surface area contributed by atoms with Crippen molar-refractivity contribution in [3.05, 3.63) is 24.3 Å². The van der Waals surface area contributed by atoms with Crippen molar-refractivity contribution in [2.24, 2.45) is 5.92 Å². The summed E-state index contributed by atoms with van der Waals surface area (Å²) in [6.07, 6.45) is 0.0805. The number of rotatable bonds is 3. The number of carboxylic acid groups (broad SMARTS) is 1. The second kappa shape index (κ2) is 4.68. The summed E-state index contributed by atoms with van der Waals surface area (Å²) in [5, 5.41) is 8.98. The molecule has 2 rings (SSSR count). The molecule has 0 radical (unpaired) electrons. The third-order valence-corrected chi connectivity index (χ3v) is 3.13. The van der Waals surface area contributed by atoms with E-state index in [0.717, 1.165) is 11.4 Å². The Morgan fingerprint density at radius 3 is 2.61 bits per heavy atom. The molecule has 1 saturated heterocycles. The maximum absolute atomic E-state index is 11.9. The van der Waals surface area contributed by atoms with Crippen LogP contribution in [-0.2, 0) is 9.59 Å². The van der Waals surface area contributed by atoms with Gasteiger partial charge in [-0.3, -0.25) is 9.59 Å². The molecule has 1 aliphatic heterocycles. The van der Waals surface area contributed by atoms with Crippen LogP contribution in [0.3, 0.4) is 0 Å². The summed E-state index contributed by atoms with van der Waals surface area (Å²) in [6, 6.07) is 7.51. The molecule has 1 amide bonds. The second-order valence-electron chi connectivity index (χ2n) is 4.63. The van der Waals surface area contributed by atoms with E-state index in [1.165, 1.54) is 0 Å². The molecule has 5 heteroatoms. The van der Waals surface area contributed by atoms with Crippen LogP contribution in [0.1, 0.15) is 6.42 Å². The molecule has 0 spiro atoms. The predicted molar refractivity (Wildman–Crippen MR) is 68.9 cm³/mol. The van der Waals surface area contributed by atoms with Gasteiger partial charge in [-0.25, -0.2) is 0 Å². The van der Waals surface area contributed by atoms with Crippen molar-refractivity contribution < 1.29 is 14.7 Å². The number of hydrogen-bond donors (Lipinski definition) is 1. The van der Waals surface area contributed by atoms with Gasteiger partial charge >= 0.3 is 5.97 Å². The minimum atomic E-state index is -0.909. The van der Waals surface area contributed by atoms with Crippen LogP contribution in [0.5, 0.6) is 0 Å². The van der Waals surface area contributed by atoms with E-state index in [2.05, 4.69) is 0 Å². The zero-order valence-electron chi connectivity index (χ0n) is 10.5. The Balaban J connectivity index is 2.33. The molecule has 1 aliphatic rings. The normalized spacial score (nSPS) is 19.1. The van der Waals surface area contributed by atoms with Gasteiger partial charge in [-0.15, -0.1) is 0 Å². The highest BCUT2D eigenvalue weighted by atomic mass is 16.4. The first kappa shape index (κ1) is 12.4. The zero-order valence-corrected chi connectivity index (χ0v) is 10.5. The van der Waals surface area contributed by atoms with Crippen molar-refractivity contribution in [1.29, 1.82) is 0 Å². The Morgan fingerprint density at radius 2 is 2.06 bits per heavy atom. The Bertz CT molecular complexity index is 485. The Morgan fingerprint density at radius 1 is 1.39 bits per heavy atom. The monoisotopic (exact) mass is 248 g/mol. The average molecular weight is 248 g/mol. The number of carboxylic acids is 1. The lowest BCUT2D eigenvalue weighted by Gasteiger charge is -2.23. The number of anilines is 2. The molecule has 1 aromatic rings. The number of para-hydroxylation sites is 2.